The van der Waals surface area contributed by atoms with Crippen LogP contribution in [0.1, 0.15) is 129 Å². The van der Waals surface area contributed by atoms with E-state index in [0.717, 1.165) is 137 Å². The van der Waals surface area contributed by atoms with Gasteiger partial charge in [0.05, 0.1) is 95.4 Å². The molecule has 0 radical (unpaired) electrons. The van der Waals surface area contributed by atoms with Gasteiger partial charge in [-0.1, -0.05) is 52.8 Å². The van der Waals surface area contributed by atoms with Crippen molar-refractivity contribution in [2.45, 2.75) is 166 Å². The second-order valence-corrected chi connectivity index (χ2v) is 29.6. The molecule has 0 aromatic rings. The van der Waals surface area contributed by atoms with E-state index in [9.17, 15) is 30.8 Å². The van der Waals surface area contributed by atoms with Gasteiger partial charge in [0.15, 0.2) is 25.7 Å². The maximum absolute atomic E-state index is 11.0. The summed E-state index contributed by atoms with van der Waals surface area (Å²) in [5.41, 5.74) is 1.93. The summed E-state index contributed by atoms with van der Waals surface area (Å²) in [5.74, 6) is -0.677. The summed E-state index contributed by atoms with van der Waals surface area (Å²) in [6, 6.07) is 7.51. The van der Waals surface area contributed by atoms with E-state index in [4.69, 9.17) is 32.8 Å². The molecule has 9 rings (SSSR count). The normalized spacial score (nSPS) is 35.3. The Morgan fingerprint density at radius 2 is 0.944 bits per heavy atom. The Balaban J connectivity index is 0.000000161. The summed E-state index contributed by atoms with van der Waals surface area (Å²) >= 11 is 2.19. The molecule has 0 amide bonds. The van der Waals surface area contributed by atoms with E-state index < -0.39 is 25.7 Å². The van der Waals surface area contributed by atoms with Crippen LogP contribution in [0.25, 0.3) is 0 Å². The second kappa shape index (κ2) is 24.7. The summed E-state index contributed by atoms with van der Waals surface area (Å²) in [6.07, 6.45) is 18.6. The van der Waals surface area contributed by atoms with Crippen LogP contribution in [0.4, 0.5) is 0 Å². The van der Waals surface area contributed by atoms with Gasteiger partial charge in [0.25, 0.3) is 0 Å². The molecule has 15 heteroatoms. The first-order valence-electron chi connectivity index (χ1n) is 26.8. The van der Waals surface area contributed by atoms with Crippen molar-refractivity contribution in [1.82, 2.24) is 0 Å². The first-order chi connectivity index (χ1) is 33.8. The zero-order valence-electron chi connectivity index (χ0n) is 43.8. The quantitative estimate of drug-likeness (QED) is 0.0766. The van der Waals surface area contributed by atoms with E-state index >= 15 is 0 Å². The van der Waals surface area contributed by atoms with E-state index in [1.165, 1.54) is 0 Å². The van der Waals surface area contributed by atoms with Crippen molar-refractivity contribution in [3.8, 4) is 18.2 Å². The number of hydrogen-bond acceptors (Lipinski definition) is 13. The molecule has 13 nitrogen and oxygen atoms in total. The van der Waals surface area contributed by atoms with E-state index in [1.807, 2.05) is 0 Å². The highest BCUT2D eigenvalue weighted by Crippen LogP contribution is 2.66. The van der Waals surface area contributed by atoms with Gasteiger partial charge in [-0.15, -0.1) is 0 Å². The van der Waals surface area contributed by atoms with Gasteiger partial charge in [0.2, 0.25) is 0 Å². The highest BCUT2D eigenvalue weighted by atomic mass is 127. The van der Waals surface area contributed by atoms with E-state index in [-0.39, 0.29) is 76.8 Å². The van der Waals surface area contributed by atoms with Gasteiger partial charge in [0.1, 0.15) is 6.29 Å². The van der Waals surface area contributed by atoms with Crippen molar-refractivity contribution in [1.29, 1.82) is 15.8 Å². The number of fused-ring (bicyclic) bond motifs is 6. The molecule has 9 unspecified atom stereocenters. The Hall–Kier alpha value is -2.05. The molecule has 3 saturated heterocycles. The number of aldehydes is 1. The predicted molar refractivity (Wildman–Crippen MR) is 281 cm³/mol. The van der Waals surface area contributed by atoms with Crippen molar-refractivity contribution in [3.05, 3.63) is 34.5 Å². The summed E-state index contributed by atoms with van der Waals surface area (Å²) in [4.78, 5) is 11.0. The number of hydrogen-bond donors (Lipinski definition) is 2. The molecule has 0 aromatic heterocycles. The van der Waals surface area contributed by atoms with Gasteiger partial charge in [0, 0.05) is 47.0 Å². The van der Waals surface area contributed by atoms with Crippen molar-refractivity contribution in [2.75, 3.05) is 59.5 Å². The molecule has 9 fully saturated rings. The molecule has 9 aliphatic rings. The third-order valence-corrected chi connectivity index (χ3v) is 19.6. The summed E-state index contributed by atoms with van der Waals surface area (Å²) < 4.78 is 42.6. The minimum absolute atomic E-state index is 0.0175. The SMILES string of the molecule is C=C(CO)[C@@H](C)CC12CCCC(C#N)C1C1(CC2)OCCO1.C=C(CO)[C@H](C)CC12CCCC(C#N)C1C1(CC2)OCCO1.C=C(I)CO[Si](C)(C)C.N#CC1CCCC2(CC=O)CCC3(OCCO3)C12. The Labute approximate surface area is 440 Å². The average Bonchev–Trinajstić information content (AvgIpc) is 4.25. The minimum atomic E-state index is -1.29. The standard InChI is InChI=1S/2C18H27NO3.C14H19NO3.C6H13IOSi/c2*1-13(14(2)12-20)10-17-5-3-4-15(11-19)16(17)18(7-6-17)21-8-9-22-18;15-10-11-2-1-3-13(6-7-16)4-5-14(12(11)13)17-8-9-18-14;1-6(7)5-8-9(2,3)4/h2*13,15-16,20H,2-10,12H2,1H3;7,11-12H,1-6,8-9H2;1,5H2,2-4H3/t2*13-,15?,16?,17?;;/m10../s1. The predicted octanol–water partition coefficient (Wildman–Crippen LogP) is 10.9. The maximum Gasteiger partial charge on any atom is 0.184 e. The lowest BCUT2D eigenvalue weighted by Gasteiger charge is -2.47. The number of nitriles is 3. The van der Waals surface area contributed by atoms with E-state index in [1.54, 1.807) is 0 Å². The number of ether oxygens (including phenoxy) is 6. The van der Waals surface area contributed by atoms with Crippen LogP contribution in [0.5, 0.6) is 0 Å². The van der Waals surface area contributed by atoms with Crippen molar-refractivity contribution in [2.24, 2.45) is 63.6 Å². The van der Waals surface area contributed by atoms with Crippen LogP contribution in [-0.4, -0.2) is 102 Å². The summed E-state index contributed by atoms with van der Waals surface area (Å²) in [7, 11) is -1.29. The Morgan fingerprint density at radius 1 is 0.620 bits per heavy atom. The van der Waals surface area contributed by atoms with Gasteiger partial charge < -0.3 is 47.9 Å². The highest BCUT2D eigenvalue weighted by molar-refractivity contribution is 14.1. The first kappa shape index (κ1) is 58.2. The Morgan fingerprint density at radius 3 is 1.23 bits per heavy atom. The average molecular weight is 1120 g/mol. The molecule has 3 spiro atoms. The van der Waals surface area contributed by atoms with Crippen LogP contribution in [-0.2, 0) is 37.6 Å². The molecule has 396 valence electrons. The fourth-order valence-corrected chi connectivity index (χ4v) is 16.3. The minimum Gasteiger partial charge on any atom is -0.413 e. The number of aliphatic hydroxyl groups is 2. The van der Waals surface area contributed by atoms with Crippen molar-refractivity contribution < 1.29 is 47.9 Å². The van der Waals surface area contributed by atoms with E-state index in [0.29, 0.717) is 46.1 Å². The van der Waals surface area contributed by atoms with Crippen LogP contribution in [0, 0.1) is 97.6 Å². The topological polar surface area (TPSA) is 194 Å². The van der Waals surface area contributed by atoms with Gasteiger partial charge in [-0.2, -0.15) is 15.8 Å². The monoisotopic (exact) mass is 1120 g/mol. The number of halogens is 1. The van der Waals surface area contributed by atoms with Gasteiger partial charge in [-0.25, -0.2) is 0 Å². The number of carbonyl (C=O) groups excluding carboxylic acids is 1. The third-order valence-electron chi connectivity index (χ3n) is 18.3. The fourth-order valence-electron chi connectivity index (χ4n) is 15.2. The fraction of sp³-hybridized carbons (Fsp3) is 0.821. The van der Waals surface area contributed by atoms with Crippen LogP contribution in [0.3, 0.4) is 0 Å². The second-order valence-electron chi connectivity index (χ2n) is 23.6. The molecule has 0 bridgehead atoms. The maximum atomic E-state index is 11.0. The molecule has 6 aliphatic carbocycles. The lowest BCUT2D eigenvalue weighted by atomic mass is 9.59. The molecule has 71 heavy (non-hydrogen) atoms. The number of carbonyl (C=O) groups is 1. The van der Waals surface area contributed by atoms with Crippen LogP contribution in [0.15, 0.2) is 34.5 Å². The highest BCUT2D eigenvalue weighted by Gasteiger charge is 2.66. The van der Waals surface area contributed by atoms with Gasteiger partial charge in [-0.05, 0) is 152 Å². The van der Waals surface area contributed by atoms with Crippen LogP contribution >= 0.6 is 22.6 Å². The molecule has 0 aromatic carbocycles. The molecular weight excluding hydrogens is 1030 g/mol. The zero-order valence-corrected chi connectivity index (χ0v) is 46.9. The van der Waals surface area contributed by atoms with Crippen LogP contribution < -0.4 is 0 Å². The summed E-state index contributed by atoms with van der Waals surface area (Å²) in [6.45, 7) is 27.2. The molecule has 6 saturated carbocycles. The number of rotatable bonds is 13. The molecule has 11 atom stereocenters. The van der Waals surface area contributed by atoms with Gasteiger partial charge >= 0.3 is 0 Å². The number of nitrogens with zero attached hydrogens (tertiary/aromatic N) is 3. The molecule has 3 heterocycles. The number of aliphatic hydroxyl groups excluding tert-OH is 2. The zero-order chi connectivity index (χ0) is 51.7. The molecule has 3 aliphatic heterocycles. The lowest BCUT2D eigenvalue weighted by Crippen LogP contribution is -2.48. The van der Waals surface area contributed by atoms with E-state index in [2.05, 4.69) is 94.0 Å². The largest absolute Gasteiger partial charge is 0.413 e. The molecule has 2 N–H and O–H groups in total. The summed E-state index contributed by atoms with van der Waals surface area (Å²) in [5, 5.41) is 47.5. The van der Waals surface area contributed by atoms with Crippen LogP contribution in [0.2, 0.25) is 19.6 Å². The van der Waals surface area contributed by atoms with Crippen molar-refractivity contribution >= 4 is 37.2 Å². The van der Waals surface area contributed by atoms with Gasteiger partial charge in [-0.3, -0.25) is 0 Å². The third kappa shape index (κ3) is 12.6. The lowest BCUT2D eigenvalue weighted by molar-refractivity contribution is -0.210. The molecular formula is C56H86IN3O10Si. The first-order valence-corrected chi connectivity index (χ1v) is 31.3. The smallest absolute Gasteiger partial charge is 0.184 e. The van der Waals surface area contributed by atoms with Crippen molar-refractivity contribution in [3.63, 3.8) is 0 Å². The Bertz CT molecular complexity index is 1890. The Kier molecular flexibility index (Phi) is 20.3.